The molecule has 1 aromatic heterocycles. The van der Waals surface area contributed by atoms with Crippen molar-refractivity contribution < 1.29 is 14.7 Å². The number of aromatic nitrogens is 1. The lowest BCUT2D eigenvalue weighted by molar-refractivity contribution is -0.118. The van der Waals surface area contributed by atoms with Gasteiger partial charge in [0.25, 0.3) is 0 Å². The van der Waals surface area contributed by atoms with Crippen LogP contribution in [0.5, 0.6) is 0 Å². The van der Waals surface area contributed by atoms with E-state index in [-0.39, 0.29) is 12.1 Å². The van der Waals surface area contributed by atoms with Gasteiger partial charge in [-0.15, -0.1) is 0 Å². The van der Waals surface area contributed by atoms with Crippen molar-refractivity contribution in [2.75, 3.05) is 0 Å². The zero-order valence-electron chi connectivity index (χ0n) is 7.86. The monoisotopic (exact) mass is 196 g/mol. The van der Waals surface area contributed by atoms with Gasteiger partial charge < -0.3 is 15.4 Å². The first-order chi connectivity index (χ1) is 6.52. The van der Waals surface area contributed by atoms with Gasteiger partial charge in [-0.05, 0) is 18.6 Å². The van der Waals surface area contributed by atoms with Gasteiger partial charge >= 0.3 is 5.97 Å². The van der Waals surface area contributed by atoms with Gasteiger partial charge in [-0.1, -0.05) is 0 Å². The molecule has 76 valence electrons. The number of carbonyl (C=O) groups is 2. The highest BCUT2D eigenvalue weighted by Gasteiger charge is 2.12. The molecule has 1 rings (SSSR count). The Labute approximate surface area is 81.1 Å². The summed E-state index contributed by atoms with van der Waals surface area (Å²) in [6, 6.07) is 1.70. The molecular weight excluding hydrogens is 184 g/mol. The summed E-state index contributed by atoms with van der Waals surface area (Å²) < 4.78 is 1.52. The van der Waals surface area contributed by atoms with Crippen molar-refractivity contribution in [2.45, 2.75) is 19.9 Å². The highest BCUT2D eigenvalue weighted by atomic mass is 16.4. The van der Waals surface area contributed by atoms with Crippen LogP contribution in [0.2, 0.25) is 0 Å². The van der Waals surface area contributed by atoms with Crippen molar-refractivity contribution >= 4 is 11.9 Å². The summed E-state index contributed by atoms with van der Waals surface area (Å²) >= 11 is 0. The number of nitrogens with zero attached hydrogens (tertiary/aromatic N) is 1. The topological polar surface area (TPSA) is 85.3 Å². The van der Waals surface area contributed by atoms with E-state index >= 15 is 0 Å². The first-order valence-electron chi connectivity index (χ1n) is 4.19. The maximum atomic E-state index is 10.8. The van der Waals surface area contributed by atoms with Gasteiger partial charge in [-0.25, -0.2) is 4.79 Å². The lowest BCUT2D eigenvalue weighted by Crippen LogP contribution is -2.16. The van der Waals surface area contributed by atoms with Crippen LogP contribution >= 0.6 is 0 Å². The Morgan fingerprint density at radius 2 is 2.21 bits per heavy atom. The van der Waals surface area contributed by atoms with Crippen LogP contribution in [0.15, 0.2) is 12.3 Å². The maximum absolute atomic E-state index is 10.8. The third kappa shape index (κ3) is 2.12. The molecule has 0 fully saturated rings. The van der Waals surface area contributed by atoms with E-state index in [1.807, 2.05) is 0 Å². The van der Waals surface area contributed by atoms with Crippen LogP contribution in [0.1, 0.15) is 22.5 Å². The minimum Gasteiger partial charge on any atom is -0.477 e. The number of aromatic carboxylic acids is 1. The number of primary amides is 1. The number of aryl methyl sites for hydroxylation is 2. The molecule has 14 heavy (non-hydrogen) atoms. The van der Waals surface area contributed by atoms with Gasteiger partial charge in [0, 0.05) is 19.2 Å². The Morgan fingerprint density at radius 1 is 1.57 bits per heavy atom. The molecule has 0 atom stereocenters. The Bertz CT molecular complexity index is 368. The molecule has 0 aliphatic heterocycles. The minimum atomic E-state index is -0.989. The lowest BCUT2D eigenvalue weighted by Gasteiger charge is -2.04. The summed E-state index contributed by atoms with van der Waals surface area (Å²) in [5.41, 5.74) is 5.87. The van der Waals surface area contributed by atoms with Crippen LogP contribution in [-0.4, -0.2) is 21.6 Å². The maximum Gasteiger partial charge on any atom is 0.352 e. The number of carboxylic acids is 1. The third-order valence-electron chi connectivity index (χ3n) is 1.97. The molecule has 5 heteroatoms. The van der Waals surface area contributed by atoms with E-state index in [1.165, 1.54) is 4.57 Å². The zero-order valence-corrected chi connectivity index (χ0v) is 7.86. The fourth-order valence-corrected chi connectivity index (χ4v) is 1.29. The van der Waals surface area contributed by atoms with Crippen LogP contribution in [-0.2, 0) is 11.3 Å². The zero-order chi connectivity index (χ0) is 10.7. The molecule has 1 heterocycles. The quantitative estimate of drug-likeness (QED) is 0.729. The van der Waals surface area contributed by atoms with Gasteiger partial charge in [0.1, 0.15) is 5.69 Å². The number of carbonyl (C=O) groups excluding carboxylic acids is 1. The molecule has 0 bridgehead atoms. The van der Waals surface area contributed by atoms with E-state index in [0.29, 0.717) is 12.1 Å². The molecule has 0 spiro atoms. The van der Waals surface area contributed by atoms with Gasteiger partial charge in [-0.2, -0.15) is 0 Å². The molecule has 3 N–H and O–H groups in total. The summed E-state index contributed by atoms with van der Waals surface area (Å²) in [4.78, 5) is 21.3. The predicted octanol–water partition coefficient (Wildman–Crippen LogP) is 0.370. The number of hydrogen-bond acceptors (Lipinski definition) is 2. The number of hydrogen-bond donors (Lipinski definition) is 2. The molecule has 0 aliphatic rings. The van der Waals surface area contributed by atoms with Crippen molar-refractivity contribution in [2.24, 2.45) is 5.73 Å². The number of amides is 1. The Kier molecular flexibility index (Phi) is 2.91. The van der Waals surface area contributed by atoms with E-state index in [9.17, 15) is 9.59 Å². The van der Waals surface area contributed by atoms with E-state index < -0.39 is 11.9 Å². The first kappa shape index (κ1) is 10.3. The van der Waals surface area contributed by atoms with Crippen LogP contribution < -0.4 is 5.73 Å². The van der Waals surface area contributed by atoms with Crippen LogP contribution in [0, 0.1) is 6.92 Å². The Morgan fingerprint density at radius 3 is 2.71 bits per heavy atom. The average molecular weight is 196 g/mol. The predicted molar refractivity (Wildman–Crippen MR) is 49.9 cm³/mol. The molecule has 0 aromatic carbocycles. The standard InChI is InChI=1S/C9H12N2O3/c1-6-2-4-11(5-3-7(10)12)8(6)9(13)14/h2,4H,3,5H2,1H3,(H2,10,12)(H,13,14). The number of rotatable bonds is 4. The molecule has 5 nitrogen and oxygen atoms in total. The van der Waals surface area contributed by atoms with E-state index in [2.05, 4.69) is 0 Å². The summed E-state index contributed by atoms with van der Waals surface area (Å²) in [5, 5.41) is 8.86. The summed E-state index contributed by atoms with van der Waals surface area (Å²) in [7, 11) is 0. The molecule has 0 aliphatic carbocycles. The van der Waals surface area contributed by atoms with E-state index in [4.69, 9.17) is 10.8 Å². The number of nitrogens with two attached hydrogens (primary N) is 1. The first-order valence-corrected chi connectivity index (χ1v) is 4.19. The highest BCUT2D eigenvalue weighted by molar-refractivity contribution is 5.87. The van der Waals surface area contributed by atoms with Crippen LogP contribution in [0.25, 0.3) is 0 Å². The smallest absolute Gasteiger partial charge is 0.352 e. The van der Waals surface area contributed by atoms with E-state index in [0.717, 1.165) is 0 Å². The van der Waals surface area contributed by atoms with Crippen molar-refractivity contribution in [1.29, 1.82) is 0 Å². The molecule has 1 aromatic rings. The van der Waals surface area contributed by atoms with Crippen molar-refractivity contribution in [3.8, 4) is 0 Å². The molecule has 0 saturated carbocycles. The molecule has 1 amide bonds. The second kappa shape index (κ2) is 3.95. The molecular formula is C9H12N2O3. The highest BCUT2D eigenvalue weighted by Crippen LogP contribution is 2.10. The minimum absolute atomic E-state index is 0.147. The van der Waals surface area contributed by atoms with Crippen molar-refractivity contribution in [3.63, 3.8) is 0 Å². The fraction of sp³-hybridized carbons (Fsp3) is 0.333. The Hall–Kier alpha value is -1.78. The third-order valence-corrected chi connectivity index (χ3v) is 1.97. The van der Waals surface area contributed by atoms with Gasteiger partial charge in [0.2, 0.25) is 5.91 Å². The van der Waals surface area contributed by atoms with Crippen molar-refractivity contribution in [1.82, 2.24) is 4.57 Å². The largest absolute Gasteiger partial charge is 0.477 e. The SMILES string of the molecule is Cc1ccn(CCC(N)=O)c1C(=O)O. The Balaban J connectivity index is 2.86. The van der Waals surface area contributed by atoms with Gasteiger partial charge in [0.15, 0.2) is 0 Å². The summed E-state index contributed by atoms with van der Waals surface area (Å²) in [6.07, 6.45) is 1.79. The lowest BCUT2D eigenvalue weighted by atomic mass is 10.3. The molecule has 0 unspecified atom stereocenters. The molecule has 0 radical (unpaired) electrons. The molecule has 0 saturated heterocycles. The van der Waals surface area contributed by atoms with Gasteiger partial charge in [0.05, 0.1) is 0 Å². The number of carboxylic acid groups (broad SMARTS) is 1. The fourth-order valence-electron chi connectivity index (χ4n) is 1.29. The summed E-state index contributed by atoms with van der Waals surface area (Å²) in [6.45, 7) is 2.02. The summed E-state index contributed by atoms with van der Waals surface area (Å²) in [5.74, 6) is -1.43. The van der Waals surface area contributed by atoms with Gasteiger partial charge in [-0.3, -0.25) is 4.79 Å². The average Bonchev–Trinajstić information content (AvgIpc) is 2.43. The van der Waals surface area contributed by atoms with Crippen LogP contribution in [0.4, 0.5) is 0 Å². The second-order valence-corrected chi connectivity index (χ2v) is 3.06. The second-order valence-electron chi connectivity index (χ2n) is 3.06. The van der Waals surface area contributed by atoms with Crippen LogP contribution in [0.3, 0.4) is 0 Å². The van der Waals surface area contributed by atoms with E-state index in [1.54, 1.807) is 19.2 Å². The van der Waals surface area contributed by atoms with Crippen molar-refractivity contribution in [3.05, 3.63) is 23.5 Å². The normalized spacial score (nSPS) is 10.1.